The molecule has 0 saturated heterocycles. The molecule has 0 spiro atoms. The molecule has 2 aromatic heterocycles. The first-order valence-corrected chi connectivity index (χ1v) is 11.2. The van der Waals surface area contributed by atoms with Crippen molar-refractivity contribution in [3.63, 3.8) is 0 Å². The largest absolute Gasteiger partial charge is 0.497 e. The van der Waals surface area contributed by atoms with Gasteiger partial charge in [-0.15, -0.1) is 11.3 Å². The Kier molecular flexibility index (Phi) is 6.37. The molecule has 0 saturated carbocycles. The lowest BCUT2D eigenvalue weighted by atomic mass is 10.2. The van der Waals surface area contributed by atoms with Gasteiger partial charge < -0.3 is 15.0 Å². The zero-order chi connectivity index (χ0) is 20.9. The maximum Gasteiger partial charge on any atom is 0.236 e. The summed E-state index contributed by atoms with van der Waals surface area (Å²) < 4.78 is 5.23. The molecule has 0 atom stereocenters. The number of imidazole rings is 1. The average Bonchev–Trinajstić information content (AvgIpc) is 3.43. The first-order valence-electron chi connectivity index (χ1n) is 8.95. The van der Waals surface area contributed by atoms with E-state index in [-0.39, 0.29) is 11.7 Å². The van der Waals surface area contributed by atoms with Crippen LogP contribution >= 0.6 is 34.7 Å². The van der Waals surface area contributed by atoms with Crippen LogP contribution < -0.4 is 10.1 Å². The highest BCUT2D eigenvalue weighted by Crippen LogP contribution is 2.33. The van der Waals surface area contributed by atoms with Crippen LogP contribution in [0.25, 0.3) is 22.6 Å². The first-order chi connectivity index (χ1) is 14.6. The Labute approximate surface area is 186 Å². The fourth-order valence-electron chi connectivity index (χ4n) is 2.73. The molecule has 0 aliphatic carbocycles. The molecule has 0 bridgehead atoms. The number of ether oxygens (including phenoxy) is 1. The summed E-state index contributed by atoms with van der Waals surface area (Å²) in [4.78, 5) is 24.5. The Morgan fingerprint density at radius 1 is 1.17 bits per heavy atom. The number of rotatable bonds is 7. The molecule has 2 aromatic carbocycles. The van der Waals surface area contributed by atoms with Gasteiger partial charge in [0.15, 0.2) is 5.13 Å². The van der Waals surface area contributed by atoms with Crippen molar-refractivity contribution in [2.45, 2.75) is 5.03 Å². The van der Waals surface area contributed by atoms with Gasteiger partial charge >= 0.3 is 0 Å². The molecule has 2 heterocycles. The summed E-state index contributed by atoms with van der Waals surface area (Å²) in [6.07, 6.45) is 1.65. The van der Waals surface area contributed by atoms with Crippen LogP contribution in [0.15, 0.2) is 65.1 Å². The second-order valence-corrected chi connectivity index (χ2v) is 8.47. The van der Waals surface area contributed by atoms with E-state index in [2.05, 4.69) is 15.3 Å². The van der Waals surface area contributed by atoms with Crippen molar-refractivity contribution >= 4 is 45.7 Å². The van der Waals surface area contributed by atoms with Gasteiger partial charge in [0.1, 0.15) is 16.6 Å². The molecule has 30 heavy (non-hydrogen) atoms. The van der Waals surface area contributed by atoms with E-state index < -0.39 is 0 Å². The Bertz CT molecular complexity index is 1130. The second kappa shape index (κ2) is 9.34. The number of thioether (sulfide) groups is 1. The number of aromatic amines is 1. The van der Waals surface area contributed by atoms with Crippen molar-refractivity contribution in [3.8, 4) is 28.4 Å². The zero-order valence-electron chi connectivity index (χ0n) is 15.9. The highest BCUT2D eigenvalue weighted by molar-refractivity contribution is 8.00. The third-order valence-corrected chi connectivity index (χ3v) is 6.10. The van der Waals surface area contributed by atoms with Gasteiger partial charge in [0.25, 0.3) is 0 Å². The quantitative estimate of drug-likeness (QED) is 0.354. The Morgan fingerprint density at radius 3 is 2.57 bits per heavy atom. The highest BCUT2D eigenvalue weighted by Gasteiger charge is 2.16. The molecule has 6 nitrogen and oxygen atoms in total. The molecule has 0 radical (unpaired) electrons. The van der Waals surface area contributed by atoms with E-state index >= 15 is 0 Å². The minimum absolute atomic E-state index is 0.133. The molecule has 152 valence electrons. The Balaban J connectivity index is 1.60. The minimum Gasteiger partial charge on any atom is -0.497 e. The number of aromatic nitrogens is 3. The highest BCUT2D eigenvalue weighted by atomic mass is 35.5. The maximum atomic E-state index is 12.3. The third-order valence-electron chi connectivity index (χ3n) is 4.19. The van der Waals surface area contributed by atoms with E-state index in [1.807, 2.05) is 53.9 Å². The number of nitrogens with zero attached hydrogens (tertiary/aromatic N) is 2. The Hall–Kier alpha value is -2.81. The second-order valence-electron chi connectivity index (χ2n) is 6.18. The van der Waals surface area contributed by atoms with E-state index in [4.69, 9.17) is 21.3 Å². The van der Waals surface area contributed by atoms with Crippen LogP contribution in [-0.2, 0) is 4.79 Å². The van der Waals surface area contributed by atoms with Crippen molar-refractivity contribution in [2.75, 3.05) is 18.2 Å². The fourth-order valence-corrected chi connectivity index (χ4v) is 4.21. The summed E-state index contributed by atoms with van der Waals surface area (Å²) in [7, 11) is 1.63. The van der Waals surface area contributed by atoms with Gasteiger partial charge in [-0.05, 0) is 36.4 Å². The molecular weight excluding hydrogens is 440 g/mol. The van der Waals surface area contributed by atoms with Gasteiger partial charge in [0.05, 0.1) is 18.6 Å². The van der Waals surface area contributed by atoms with Crippen LogP contribution in [0.5, 0.6) is 5.75 Å². The molecule has 0 fully saturated rings. The molecule has 0 aliphatic rings. The standard InChI is InChI=1S/C21H17ClN4O2S2/c1-28-16-8-4-14(5-9-16)19-25-18(13-2-6-15(22)7-3-13)20(26-19)30-12-17(27)24-21-23-10-11-29-21/h2-11H,12H2,1H3,(H,25,26)(H,23,24,27). The molecular formula is C21H17ClN4O2S2. The van der Waals surface area contributed by atoms with Crippen molar-refractivity contribution in [1.82, 2.24) is 15.0 Å². The summed E-state index contributed by atoms with van der Waals surface area (Å²) >= 11 is 8.78. The van der Waals surface area contributed by atoms with Gasteiger partial charge in [-0.1, -0.05) is 35.5 Å². The minimum atomic E-state index is -0.133. The fraction of sp³-hybridized carbons (Fsp3) is 0.0952. The number of halogens is 1. The average molecular weight is 457 g/mol. The first kappa shape index (κ1) is 20.5. The number of carbonyl (C=O) groups excluding carboxylic acids is 1. The number of carbonyl (C=O) groups is 1. The number of thiazole rings is 1. The SMILES string of the molecule is COc1ccc(-c2nc(SCC(=O)Nc3nccs3)c(-c3ccc(Cl)cc3)[nH]2)cc1. The summed E-state index contributed by atoms with van der Waals surface area (Å²) in [6.45, 7) is 0. The summed E-state index contributed by atoms with van der Waals surface area (Å²) in [5, 5.41) is 6.58. The van der Waals surface area contributed by atoms with Gasteiger partial charge in [-0.25, -0.2) is 9.97 Å². The van der Waals surface area contributed by atoms with E-state index in [0.29, 0.717) is 16.0 Å². The number of hydrogen-bond donors (Lipinski definition) is 2. The van der Waals surface area contributed by atoms with Gasteiger partial charge in [0, 0.05) is 27.7 Å². The number of hydrogen-bond acceptors (Lipinski definition) is 6. The summed E-state index contributed by atoms with van der Waals surface area (Å²) in [6, 6.07) is 15.1. The van der Waals surface area contributed by atoms with E-state index in [1.54, 1.807) is 13.3 Å². The number of amides is 1. The van der Waals surface area contributed by atoms with Gasteiger partial charge in [0.2, 0.25) is 5.91 Å². The predicted octanol–water partition coefficient (Wildman–Crippen LogP) is 5.59. The van der Waals surface area contributed by atoms with E-state index in [0.717, 1.165) is 27.6 Å². The number of benzene rings is 2. The molecule has 4 aromatic rings. The van der Waals surface area contributed by atoms with Crippen molar-refractivity contribution < 1.29 is 9.53 Å². The van der Waals surface area contributed by atoms with Crippen molar-refractivity contribution in [3.05, 3.63) is 65.1 Å². The van der Waals surface area contributed by atoms with Crippen molar-refractivity contribution in [2.24, 2.45) is 0 Å². The van der Waals surface area contributed by atoms with Crippen LogP contribution in [0.1, 0.15) is 0 Å². The van der Waals surface area contributed by atoms with Crippen LogP contribution in [0.3, 0.4) is 0 Å². The molecule has 2 N–H and O–H groups in total. The molecule has 9 heteroatoms. The molecule has 0 unspecified atom stereocenters. The normalized spacial score (nSPS) is 10.7. The lowest BCUT2D eigenvalue weighted by Crippen LogP contribution is -2.13. The lowest BCUT2D eigenvalue weighted by Gasteiger charge is -2.03. The van der Waals surface area contributed by atoms with Crippen LogP contribution in [-0.4, -0.2) is 33.7 Å². The third kappa shape index (κ3) is 4.84. The summed E-state index contributed by atoms with van der Waals surface area (Å²) in [5.74, 6) is 1.57. The summed E-state index contributed by atoms with van der Waals surface area (Å²) in [5.41, 5.74) is 2.70. The number of nitrogens with one attached hydrogen (secondary N) is 2. The topological polar surface area (TPSA) is 79.9 Å². The molecule has 4 rings (SSSR count). The van der Waals surface area contributed by atoms with Gasteiger partial charge in [-0.3, -0.25) is 4.79 Å². The molecule has 1 amide bonds. The van der Waals surface area contributed by atoms with Gasteiger partial charge in [-0.2, -0.15) is 0 Å². The number of H-pyrrole nitrogens is 1. The lowest BCUT2D eigenvalue weighted by molar-refractivity contribution is -0.113. The number of anilines is 1. The van der Waals surface area contributed by atoms with Crippen LogP contribution in [0.2, 0.25) is 5.02 Å². The maximum absolute atomic E-state index is 12.3. The molecule has 0 aliphatic heterocycles. The monoisotopic (exact) mass is 456 g/mol. The van der Waals surface area contributed by atoms with Crippen LogP contribution in [0.4, 0.5) is 5.13 Å². The smallest absolute Gasteiger partial charge is 0.236 e. The van der Waals surface area contributed by atoms with E-state index in [9.17, 15) is 4.79 Å². The Morgan fingerprint density at radius 2 is 1.90 bits per heavy atom. The van der Waals surface area contributed by atoms with E-state index in [1.165, 1.54) is 23.1 Å². The predicted molar refractivity (Wildman–Crippen MR) is 122 cm³/mol. The van der Waals surface area contributed by atoms with Crippen LogP contribution in [0, 0.1) is 0 Å². The number of methoxy groups -OCH3 is 1. The van der Waals surface area contributed by atoms with Crippen molar-refractivity contribution in [1.29, 1.82) is 0 Å². The zero-order valence-corrected chi connectivity index (χ0v) is 18.3.